The number of carbonyl (C=O) groups is 1. The van der Waals surface area contributed by atoms with Crippen molar-refractivity contribution >= 4 is 39.8 Å². The normalized spacial score (nSPS) is 29.4. The Morgan fingerprint density at radius 2 is 1.94 bits per heavy atom. The lowest BCUT2D eigenvalue weighted by atomic mass is 9.71. The van der Waals surface area contributed by atoms with Crippen molar-refractivity contribution in [2.24, 2.45) is 11.3 Å². The van der Waals surface area contributed by atoms with Gasteiger partial charge in [0.2, 0.25) is 5.91 Å². The van der Waals surface area contributed by atoms with Crippen LogP contribution < -0.4 is 10.2 Å². The Bertz CT molecular complexity index is 1090. The van der Waals surface area contributed by atoms with Crippen molar-refractivity contribution in [1.82, 2.24) is 9.88 Å². The summed E-state index contributed by atoms with van der Waals surface area (Å²) in [7, 11) is 0. The van der Waals surface area contributed by atoms with Gasteiger partial charge in [-0.25, -0.2) is 4.98 Å². The lowest BCUT2D eigenvalue weighted by Crippen LogP contribution is -2.60. The Labute approximate surface area is 199 Å². The standard InChI is InChI=1S/C25H31ClN4O3/c1-24(15-33-14-21(24)31)30-6-4-29(5-7-30)20-9-16-10-22(27-13-17(16)8-19(20)26)28-23(32)18-11-25(12-18)2-3-25/h8-10,13,18,21,31H,2-7,11-12,14-15H2,1H3,(H,27,28,32). The first kappa shape index (κ1) is 21.6. The van der Waals surface area contributed by atoms with Crippen LogP contribution in [-0.2, 0) is 9.53 Å². The summed E-state index contributed by atoms with van der Waals surface area (Å²) in [4.78, 5) is 21.7. The van der Waals surface area contributed by atoms with E-state index in [0.29, 0.717) is 29.5 Å². The summed E-state index contributed by atoms with van der Waals surface area (Å²) in [5, 5.41) is 16.1. The second-order valence-corrected chi connectivity index (χ2v) is 11.1. The fraction of sp³-hybridized carbons (Fsp3) is 0.600. The first-order valence-corrected chi connectivity index (χ1v) is 12.4. The Hall–Kier alpha value is -1.93. The lowest BCUT2D eigenvalue weighted by molar-refractivity contribution is -0.124. The molecule has 2 saturated carbocycles. The summed E-state index contributed by atoms with van der Waals surface area (Å²) < 4.78 is 5.52. The van der Waals surface area contributed by atoms with Crippen LogP contribution in [0.1, 0.15) is 32.6 Å². The average Bonchev–Trinajstić information content (AvgIpc) is 3.52. The van der Waals surface area contributed by atoms with Crippen molar-refractivity contribution in [3.63, 3.8) is 0 Å². The number of nitrogens with zero attached hydrogens (tertiary/aromatic N) is 3. The van der Waals surface area contributed by atoms with Crippen molar-refractivity contribution in [3.8, 4) is 0 Å². The van der Waals surface area contributed by atoms with Gasteiger partial charge in [0.1, 0.15) is 5.82 Å². The predicted molar refractivity (Wildman–Crippen MR) is 129 cm³/mol. The summed E-state index contributed by atoms with van der Waals surface area (Å²) in [5.74, 6) is 0.828. The number of nitrogens with one attached hydrogen (secondary N) is 1. The van der Waals surface area contributed by atoms with E-state index in [1.165, 1.54) is 12.8 Å². The molecule has 4 fully saturated rings. The van der Waals surface area contributed by atoms with E-state index in [2.05, 4.69) is 33.1 Å². The Morgan fingerprint density at radius 1 is 1.18 bits per heavy atom. The van der Waals surface area contributed by atoms with Crippen LogP contribution in [0.5, 0.6) is 0 Å². The molecule has 2 unspecified atom stereocenters. The molecule has 3 heterocycles. The number of amides is 1. The molecule has 0 bridgehead atoms. The van der Waals surface area contributed by atoms with Gasteiger partial charge >= 0.3 is 0 Å². The van der Waals surface area contributed by atoms with Crippen LogP contribution in [0.2, 0.25) is 5.02 Å². The molecule has 1 aromatic carbocycles. The molecule has 1 amide bonds. The number of aliphatic hydroxyl groups is 1. The lowest BCUT2D eigenvalue weighted by Gasteiger charge is -2.45. The molecule has 2 aromatic rings. The minimum Gasteiger partial charge on any atom is -0.389 e. The maximum Gasteiger partial charge on any atom is 0.228 e. The van der Waals surface area contributed by atoms with Crippen molar-refractivity contribution < 1.29 is 14.6 Å². The van der Waals surface area contributed by atoms with E-state index in [0.717, 1.165) is 55.5 Å². The molecule has 2 saturated heterocycles. The number of halogens is 1. The van der Waals surface area contributed by atoms with Gasteiger partial charge in [-0.15, -0.1) is 0 Å². The molecule has 6 rings (SSSR count). The number of hydrogen-bond donors (Lipinski definition) is 2. The molecule has 2 aliphatic heterocycles. The molecule has 176 valence electrons. The summed E-state index contributed by atoms with van der Waals surface area (Å²) in [6.45, 7) is 6.38. The highest BCUT2D eigenvalue weighted by Gasteiger charge is 2.55. The number of ether oxygens (including phenoxy) is 1. The van der Waals surface area contributed by atoms with Gasteiger partial charge in [-0.1, -0.05) is 11.6 Å². The number of benzene rings is 1. The third-order valence-electron chi connectivity index (χ3n) is 8.46. The first-order chi connectivity index (χ1) is 15.9. The second kappa shape index (κ2) is 7.80. The number of hydrogen-bond acceptors (Lipinski definition) is 6. The number of fused-ring (bicyclic) bond motifs is 1. The molecule has 0 radical (unpaired) electrons. The van der Waals surface area contributed by atoms with Gasteiger partial charge in [-0.3, -0.25) is 9.69 Å². The quantitative estimate of drug-likeness (QED) is 0.714. The van der Waals surface area contributed by atoms with Crippen LogP contribution in [0.4, 0.5) is 11.5 Å². The Morgan fingerprint density at radius 3 is 2.61 bits per heavy atom. The van der Waals surface area contributed by atoms with E-state index >= 15 is 0 Å². The molecule has 1 aromatic heterocycles. The van der Waals surface area contributed by atoms with Crippen LogP contribution in [0.15, 0.2) is 24.4 Å². The molecule has 7 nitrogen and oxygen atoms in total. The predicted octanol–water partition coefficient (Wildman–Crippen LogP) is 3.29. The van der Waals surface area contributed by atoms with Gasteiger partial charge in [0, 0.05) is 43.7 Å². The van der Waals surface area contributed by atoms with E-state index in [4.69, 9.17) is 16.3 Å². The molecule has 2 aliphatic carbocycles. The molecule has 1 spiro atoms. The molecule has 4 aliphatic rings. The minimum atomic E-state index is -0.454. The number of carbonyl (C=O) groups excluding carboxylic acids is 1. The summed E-state index contributed by atoms with van der Waals surface area (Å²) in [6.07, 6.45) is 5.96. The van der Waals surface area contributed by atoms with Gasteiger partial charge in [0.15, 0.2) is 0 Å². The molecular formula is C25H31ClN4O3. The fourth-order valence-corrected chi connectivity index (χ4v) is 6.15. The highest BCUT2D eigenvalue weighted by Crippen LogP contribution is 2.63. The van der Waals surface area contributed by atoms with Crippen molar-refractivity contribution in [1.29, 1.82) is 0 Å². The van der Waals surface area contributed by atoms with Gasteiger partial charge in [-0.2, -0.15) is 0 Å². The van der Waals surface area contributed by atoms with Crippen LogP contribution in [0, 0.1) is 11.3 Å². The molecule has 2 atom stereocenters. The topological polar surface area (TPSA) is 77.9 Å². The second-order valence-electron chi connectivity index (χ2n) is 10.7. The molecule has 8 heteroatoms. The van der Waals surface area contributed by atoms with Gasteiger partial charge in [-0.05, 0) is 61.6 Å². The van der Waals surface area contributed by atoms with E-state index in [1.807, 2.05) is 12.1 Å². The molecular weight excluding hydrogens is 440 g/mol. The zero-order chi connectivity index (χ0) is 22.8. The number of piperazine rings is 1. The number of rotatable bonds is 4. The van der Waals surface area contributed by atoms with Gasteiger partial charge in [0.05, 0.1) is 35.6 Å². The van der Waals surface area contributed by atoms with E-state index in [-0.39, 0.29) is 17.4 Å². The Kier molecular flexibility index (Phi) is 5.11. The maximum absolute atomic E-state index is 12.6. The highest BCUT2D eigenvalue weighted by molar-refractivity contribution is 6.34. The largest absolute Gasteiger partial charge is 0.389 e. The highest BCUT2D eigenvalue weighted by atomic mass is 35.5. The first-order valence-electron chi connectivity index (χ1n) is 12.0. The van der Waals surface area contributed by atoms with Crippen LogP contribution in [-0.4, -0.2) is 71.9 Å². The molecule has 2 N–H and O–H groups in total. The number of aliphatic hydroxyl groups excluding tert-OH is 1. The fourth-order valence-electron chi connectivity index (χ4n) is 5.86. The number of pyridine rings is 1. The third-order valence-corrected chi connectivity index (χ3v) is 8.76. The summed E-state index contributed by atoms with van der Waals surface area (Å²) >= 11 is 6.66. The smallest absolute Gasteiger partial charge is 0.228 e. The average molecular weight is 471 g/mol. The number of anilines is 2. The Balaban J connectivity index is 1.16. The van der Waals surface area contributed by atoms with Crippen molar-refractivity contribution in [2.75, 3.05) is 49.6 Å². The SMILES string of the molecule is CC1(N2CCN(c3cc4cc(NC(=O)C5CC6(CC6)C5)ncc4cc3Cl)CC2)COCC1O. The van der Waals surface area contributed by atoms with Crippen molar-refractivity contribution in [2.45, 2.75) is 44.2 Å². The van der Waals surface area contributed by atoms with E-state index in [1.54, 1.807) is 6.20 Å². The van der Waals surface area contributed by atoms with Crippen LogP contribution in [0.25, 0.3) is 10.8 Å². The zero-order valence-electron chi connectivity index (χ0n) is 19.0. The monoisotopic (exact) mass is 470 g/mol. The van der Waals surface area contributed by atoms with Gasteiger partial charge < -0.3 is 20.1 Å². The van der Waals surface area contributed by atoms with Gasteiger partial charge in [0.25, 0.3) is 0 Å². The third kappa shape index (κ3) is 3.79. The van der Waals surface area contributed by atoms with E-state index < -0.39 is 6.10 Å². The molecule has 33 heavy (non-hydrogen) atoms. The van der Waals surface area contributed by atoms with Crippen LogP contribution >= 0.6 is 11.6 Å². The van der Waals surface area contributed by atoms with Crippen molar-refractivity contribution in [3.05, 3.63) is 29.4 Å². The maximum atomic E-state index is 12.6. The summed E-state index contributed by atoms with van der Waals surface area (Å²) in [5.41, 5.74) is 1.18. The number of aromatic nitrogens is 1. The van der Waals surface area contributed by atoms with E-state index in [9.17, 15) is 9.90 Å². The minimum absolute atomic E-state index is 0.0938. The van der Waals surface area contributed by atoms with Crippen LogP contribution in [0.3, 0.4) is 0 Å². The summed E-state index contributed by atoms with van der Waals surface area (Å²) in [6, 6.07) is 6.00. The zero-order valence-corrected chi connectivity index (χ0v) is 19.8.